The average Bonchev–Trinajstić information content (AvgIpc) is 3.14. The number of methoxy groups -OCH3 is 1. The van der Waals surface area contributed by atoms with E-state index in [0.29, 0.717) is 5.76 Å². The Kier molecular flexibility index (Phi) is 4.92. The Morgan fingerprint density at radius 3 is 2.95 bits per heavy atom. The van der Waals surface area contributed by atoms with E-state index in [0.717, 1.165) is 11.4 Å². The minimum absolute atomic E-state index is 0.0118. The Bertz CT molecular complexity index is 551. The number of carbonyl (C=O) groups excluding carboxylic acids is 1. The van der Waals surface area contributed by atoms with Gasteiger partial charge in [0.2, 0.25) is 5.76 Å². The molecule has 1 N–H and O–H groups in total. The van der Waals surface area contributed by atoms with Crippen molar-refractivity contribution < 1.29 is 13.9 Å². The van der Waals surface area contributed by atoms with E-state index in [2.05, 4.69) is 22.0 Å². The summed E-state index contributed by atoms with van der Waals surface area (Å²) in [7, 11) is 1.34. The number of aromatic nitrogens is 1. The highest BCUT2D eigenvalue weighted by molar-refractivity contribution is 7.09. The molecule has 0 bridgehead atoms. The Morgan fingerprint density at radius 2 is 2.35 bits per heavy atom. The molecule has 2 aromatic heterocycles. The SMILES string of the molecule is CCC(NC(C)c1ccc(C(=O)OC)o1)c1nccs1. The third-order valence-corrected chi connectivity index (χ3v) is 3.94. The molecule has 0 aromatic carbocycles. The molecular weight excluding hydrogens is 276 g/mol. The summed E-state index contributed by atoms with van der Waals surface area (Å²) in [5, 5.41) is 6.48. The molecule has 2 atom stereocenters. The maximum atomic E-state index is 11.4. The average molecular weight is 294 g/mol. The predicted octanol–water partition coefficient (Wildman–Crippen LogP) is 3.32. The number of esters is 1. The van der Waals surface area contributed by atoms with E-state index >= 15 is 0 Å². The summed E-state index contributed by atoms with van der Waals surface area (Å²) in [5.74, 6) is 0.467. The van der Waals surface area contributed by atoms with E-state index in [-0.39, 0.29) is 17.8 Å². The van der Waals surface area contributed by atoms with Crippen LogP contribution < -0.4 is 5.32 Å². The molecule has 0 aliphatic rings. The monoisotopic (exact) mass is 294 g/mol. The molecule has 0 fully saturated rings. The number of nitrogens with one attached hydrogen (secondary N) is 1. The van der Waals surface area contributed by atoms with Crippen molar-refractivity contribution in [3.8, 4) is 0 Å². The van der Waals surface area contributed by atoms with Crippen LogP contribution in [0.25, 0.3) is 0 Å². The molecule has 0 spiro atoms. The first-order chi connectivity index (χ1) is 9.65. The van der Waals surface area contributed by atoms with Crippen LogP contribution in [0.4, 0.5) is 0 Å². The van der Waals surface area contributed by atoms with Gasteiger partial charge in [0.1, 0.15) is 10.8 Å². The second kappa shape index (κ2) is 6.67. The van der Waals surface area contributed by atoms with Gasteiger partial charge in [0.25, 0.3) is 0 Å². The summed E-state index contributed by atoms with van der Waals surface area (Å²) in [4.78, 5) is 15.7. The Hall–Kier alpha value is -1.66. The molecule has 0 saturated heterocycles. The lowest BCUT2D eigenvalue weighted by atomic mass is 10.2. The van der Waals surface area contributed by atoms with Crippen LogP contribution in [0, 0.1) is 0 Å². The van der Waals surface area contributed by atoms with E-state index in [1.807, 2.05) is 12.3 Å². The van der Waals surface area contributed by atoms with Crippen molar-refractivity contribution in [3.05, 3.63) is 40.2 Å². The van der Waals surface area contributed by atoms with Gasteiger partial charge in [-0.3, -0.25) is 5.32 Å². The molecule has 0 radical (unpaired) electrons. The molecule has 0 saturated carbocycles. The minimum Gasteiger partial charge on any atom is -0.463 e. The van der Waals surface area contributed by atoms with Crippen molar-refractivity contribution in [2.24, 2.45) is 0 Å². The highest BCUT2D eigenvalue weighted by Crippen LogP contribution is 2.24. The Morgan fingerprint density at radius 1 is 1.55 bits per heavy atom. The molecule has 0 aliphatic carbocycles. The molecule has 2 heterocycles. The minimum atomic E-state index is -0.463. The number of hydrogen-bond acceptors (Lipinski definition) is 6. The highest BCUT2D eigenvalue weighted by atomic mass is 32.1. The highest BCUT2D eigenvalue weighted by Gasteiger charge is 2.19. The van der Waals surface area contributed by atoms with Gasteiger partial charge in [-0.1, -0.05) is 6.92 Å². The van der Waals surface area contributed by atoms with Crippen molar-refractivity contribution in [2.45, 2.75) is 32.4 Å². The first kappa shape index (κ1) is 14.7. The van der Waals surface area contributed by atoms with Crippen molar-refractivity contribution in [1.82, 2.24) is 10.3 Å². The van der Waals surface area contributed by atoms with Gasteiger partial charge < -0.3 is 9.15 Å². The van der Waals surface area contributed by atoms with Crippen LogP contribution in [0.3, 0.4) is 0 Å². The molecule has 5 nitrogen and oxygen atoms in total. The summed E-state index contributed by atoms with van der Waals surface area (Å²) in [6.45, 7) is 4.10. The fraction of sp³-hybridized carbons (Fsp3) is 0.429. The van der Waals surface area contributed by atoms with Gasteiger partial charge >= 0.3 is 5.97 Å². The van der Waals surface area contributed by atoms with Crippen LogP contribution in [-0.4, -0.2) is 18.1 Å². The number of hydrogen-bond donors (Lipinski definition) is 1. The standard InChI is InChI=1S/C14H18N2O3S/c1-4-10(13-15-7-8-20-13)16-9(2)11-5-6-12(19-11)14(17)18-3/h5-10,16H,4H2,1-3H3. The number of rotatable bonds is 6. The van der Waals surface area contributed by atoms with Gasteiger partial charge in [-0.05, 0) is 25.5 Å². The molecule has 2 unspecified atom stereocenters. The van der Waals surface area contributed by atoms with Crippen molar-refractivity contribution in [2.75, 3.05) is 7.11 Å². The van der Waals surface area contributed by atoms with Crippen LogP contribution >= 0.6 is 11.3 Å². The third kappa shape index (κ3) is 3.26. The molecule has 108 valence electrons. The van der Waals surface area contributed by atoms with E-state index in [1.165, 1.54) is 7.11 Å². The zero-order valence-corrected chi connectivity index (χ0v) is 12.6. The second-order valence-electron chi connectivity index (χ2n) is 4.41. The molecule has 20 heavy (non-hydrogen) atoms. The van der Waals surface area contributed by atoms with E-state index in [1.54, 1.807) is 29.7 Å². The fourth-order valence-corrected chi connectivity index (χ4v) is 2.73. The Balaban J connectivity index is 2.05. The van der Waals surface area contributed by atoms with Crippen molar-refractivity contribution in [3.63, 3.8) is 0 Å². The normalized spacial score (nSPS) is 13.9. The number of nitrogens with zero attached hydrogens (tertiary/aromatic N) is 1. The molecular formula is C14H18N2O3S. The van der Waals surface area contributed by atoms with Gasteiger partial charge in [0, 0.05) is 11.6 Å². The first-order valence-electron chi connectivity index (χ1n) is 6.49. The summed E-state index contributed by atoms with van der Waals surface area (Å²) in [6.07, 6.45) is 2.74. The van der Waals surface area contributed by atoms with Gasteiger partial charge in [0.15, 0.2) is 0 Å². The maximum absolute atomic E-state index is 11.4. The number of furan rings is 1. The van der Waals surface area contributed by atoms with E-state index < -0.39 is 5.97 Å². The smallest absolute Gasteiger partial charge is 0.373 e. The van der Waals surface area contributed by atoms with Crippen LogP contribution in [0.5, 0.6) is 0 Å². The van der Waals surface area contributed by atoms with E-state index in [9.17, 15) is 4.79 Å². The fourth-order valence-electron chi connectivity index (χ4n) is 1.95. The number of carbonyl (C=O) groups is 1. The summed E-state index contributed by atoms with van der Waals surface area (Å²) < 4.78 is 10.1. The van der Waals surface area contributed by atoms with Gasteiger partial charge in [-0.2, -0.15) is 0 Å². The van der Waals surface area contributed by atoms with Crippen LogP contribution in [0.15, 0.2) is 28.1 Å². The van der Waals surface area contributed by atoms with Crippen molar-refractivity contribution >= 4 is 17.3 Å². The Labute approximate surface area is 122 Å². The molecule has 2 rings (SSSR count). The summed E-state index contributed by atoms with van der Waals surface area (Å²) >= 11 is 1.63. The van der Waals surface area contributed by atoms with E-state index in [4.69, 9.17) is 4.42 Å². The van der Waals surface area contributed by atoms with Gasteiger partial charge in [-0.25, -0.2) is 9.78 Å². The summed E-state index contributed by atoms with van der Waals surface area (Å²) in [6, 6.07) is 3.58. The molecule has 2 aromatic rings. The van der Waals surface area contributed by atoms with Gasteiger partial charge in [-0.15, -0.1) is 11.3 Å². The largest absolute Gasteiger partial charge is 0.463 e. The lowest BCUT2D eigenvalue weighted by molar-refractivity contribution is 0.0562. The zero-order chi connectivity index (χ0) is 14.5. The van der Waals surface area contributed by atoms with Gasteiger partial charge in [0.05, 0.1) is 19.2 Å². The molecule has 0 aliphatic heterocycles. The van der Waals surface area contributed by atoms with Crippen LogP contribution in [0.2, 0.25) is 0 Å². The molecule has 0 amide bonds. The second-order valence-corrected chi connectivity index (χ2v) is 5.34. The molecule has 6 heteroatoms. The van der Waals surface area contributed by atoms with Crippen molar-refractivity contribution in [1.29, 1.82) is 0 Å². The lowest BCUT2D eigenvalue weighted by Crippen LogP contribution is -2.23. The predicted molar refractivity (Wildman–Crippen MR) is 76.7 cm³/mol. The lowest BCUT2D eigenvalue weighted by Gasteiger charge is -2.19. The third-order valence-electron chi connectivity index (χ3n) is 3.05. The van der Waals surface area contributed by atoms with Crippen LogP contribution in [-0.2, 0) is 4.74 Å². The zero-order valence-electron chi connectivity index (χ0n) is 11.8. The topological polar surface area (TPSA) is 64.4 Å². The quantitative estimate of drug-likeness (QED) is 0.828. The summed E-state index contributed by atoms with van der Waals surface area (Å²) in [5.41, 5.74) is 0. The van der Waals surface area contributed by atoms with Crippen LogP contribution in [0.1, 0.15) is 53.7 Å². The number of thiazole rings is 1. The first-order valence-corrected chi connectivity index (χ1v) is 7.37. The number of ether oxygens (including phenoxy) is 1. The maximum Gasteiger partial charge on any atom is 0.373 e.